The maximum Gasteiger partial charge on any atom is 0.00129 e. The van der Waals surface area contributed by atoms with Crippen LogP contribution in [-0.2, 0) is 0 Å². The highest BCUT2D eigenvalue weighted by molar-refractivity contribution is 5.45. The quantitative estimate of drug-likeness (QED) is 0.576. The van der Waals surface area contributed by atoms with Gasteiger partial charge in [0, 0.05) is 5.92 Å². The summed E-state index contributed by atoms with van der Waals surface area (Å²) in [5.41, 5.74) is 6.27. The van der Waals surface area contributed by atoms with Gasteiger partial charge in [0.2, 0.25) is 0 Å². The second-order valence-electron chi connectivity index (χ2n) is 3.96. The summed E-state index contributed by atoms with van der Waals surface area (Å²) >= 11 is 0. The molecule has 0 amide bonds. The summed E-state index contributed by atoms with van der Waals surface area (Å²) in [6.45, 7) is 11.3. The third-order valence-corrected chi connectivity index (χ3v) is 3.37. The first-order valence-corrected chi connectivity index (χ1v) is 4.94. The molecule has 0 saturated heterocycles. The second-order valence-corrected chi connectivity index (χ2v) is 3.96. The van der Waals surface area contributed by atoms with Gasteiger partial charge < -0.3 is 0 Å². The molecule has 0 atom stereocenters. The van der Waals surface area contributed by atoms with Crippen molar-refractivity contribution in [3.8, 4) is 0 Å². The number of hydrogen-bond acceptors (Lipinski definition) is 0. The van der Waals surface area contributed by atoms with Gasteiger partial charge in [-0.05, 0) is 45.3 Å². The lowest BCUT2D eigenvalue weighted by Gasteiger charge is -2.12. The van der Waals surface area contributed by atoms with Gasteiger partial charge >= 0.3 is 0 Å². The minimum atomic E-state index is 0.759. The molecule has 0 aromatic rings. The molecule has 0 heterocycles. The SMILES string of the molecule is CCCC1C(C)=C(C)C(C)=C1C. The molecule has 1 aliphatic carbocycles. The Morgan fingerprint density at radius 2 is 1.33 bits per heavy atom. The maximum absolute atomic E-state index is 2.29. The van der Waals surface area contributed by atoms with Crippen LogP contribution in [0.25, 0.3) is 0 Å². The van der Waals surface area contributed by atoms with E-state index in [1.807, 2.05) is 0 Å². The van der Waals surface area contributed by atoms with Crippen molar-refractivity contribution < 1.29 is 0 Å². The molecular formula is C12H20. The molecule has 68 valence electrons. The van der Waals surface area contributed by atoms with Gasteiger partial charge in [0.05, 0.1) is 0 Å². The lowest BCUT2D eigenvalue weighted by molar-refractivity contribution is 0.633. The summed E-state index contributed by atoms with van der Waals surface area (Å²) in [5, 5.41) is 0. The smallest absolute Gasteiger partial charge is 0.00129 e. The van der Waals surface area contributed by atoms with Crippen molar-refractivity contribution in [3.05, 3.63) is 22.3 Å². The first-order valence-electron chi connectivity index (χ1n) is 4.94. The topological polar surface area (TPSA) is 0 Å². The van der Waals surface area contributed by atoms with Crippen molar-refractivity contribution in [1.29, 1.82) is 0 Å². The molecule has 0 aromatic heterocycles. The lowest BCUT2D eigenvalue weighted by Crippen LogP contribution is -1.99. The Morgan fingerprint density at radius 3 is 1.67 bits per heavy atom. The molecule has 0 fully saturated rings. The third kappa shape index (κ3) is 1.35. The molecule has 0 radical (unpaired) electrons. The minimum absolute atomic E-state index is 0.759. The maximum atomic E-state index is 2.29. The van der Waals surface area contributed by atoms with Crippen molar-refractivity contribution in [1.82, 2.24) is 0 Å². The van der Waals surface area contributed by atoms with Crippen LogP contribution in [-0.4, -0.2) is 0 Å². The van der Waals surface area contributed by atoms with Crippen LogP contribution in [0.3, 0.4) is 0 Å². The lowest BCUT2D eigenvalue weighted by atomic mass is 9.92. The minimum Gasteiger partial charge on any atom is -0.0653 e. The molecule has 0 bridgehead atoms. The van der Waals surface area contributed by atoms with E-state index in [0.29, 0.717) is 0 Å². The molecule has 0 spiro atoms. The Bertz CT molecular complexity index is 217. The fraction of sp³-hybridized carbons (Fsp3) is 0.667. The molecular weight excluding hydrogens is 144 g/mol. The molecule has 1 rings (SSSR count). The fourth-order valence-electron chi connectivity index (χ4n) is 2.16. The number of allylic oxidation sites excluding steroid dienone is 4. The Labute approximate surface area is 76.4 Å². The van der Waals surface area contributed by atoms with E-state index in [2.05, 4.69) is 34.6 Å². The van der Waals surface area contributed by atoms with E-state index in [9.17, 15) is 0 Å². The van der Waals surface area contributed by atoms with Gasteiger partial charge in [-0.2, -0.15) is 0 Å². The van der Waals surface area contributed by atoms with Crippen LogP contribution < -0.4 is 0 Å². The molecule has 0 N–H and O–H groups in total. The van der Waals surface area contributed by atoms with Crippen LogP contribution in [0, 0.1) is 5.92 Å². The number of hydrogen-bond donors (Lipinski definition) is 0. The molecule has 1 aliphatic rings. The van der Waals surface area contributed by atoms with E-state index in [1.54, 1.807) is 11.1 Å². The predicted octanol–water partition coefficient (Wildman–Crippen LogP) is 4.09. The van der Waals surface area contributed by atoms with Crippen molar-refractivity contribution in [2.45, 2.75) is 47.5 Å². The van der Waals surface area contributed by atoms with Crippen LogP contribution >= 0.6 is 0 Å². The highest BCUT2D eigenvalue weighted by Crippen LogP contribution is 2.38. The Kier molecular flexibility index (Phi) is 2.76. The zero-order valence-electron chi connectivity index (χ0n) is 8.99. The highest BCUT2D eigenvalue weighted by Gasteiger charge is 2.22. The zero-order valence-corrected chi connectivity index (χ0v) is 8.99. The summed E-state index contributed by atoms with van der Waals surface area (Å²) in [5.74, 6) is 0.759. The normalized spacial score (nSPS) is 19.8. The molecule has 0 aliphatic heterocycles. The largest absolute Gasteiger partial charge is 0.0653 e. The molecule has 0 saturated carbocycles. The van der Waals surface area contributed by atoms with E-state index in [-0.39, 0.29) is 0 Å². The van der Waals surface area contributed by atoms with Crippen LogP contribution in [0.1, 0.15) is 47.5 Å². The Hall–Kier alpha value is -0.520. The van der Waals surface area contributed by atoms with Crippen LogP contribution in [0.2, 0.25) is 0 Å². The van der Waals surface area contributed by atoms with E-state index < -0.39 is 0 Å². The Morgan fingerprint density at radius 1 is 0.917 bits per heavy atom. The van der Waals surface area contributed by atoms with Gasteiger partial charge in [0.25, 0.3) is 0 Å². The molecule has 0 heteroatoms. The van der Waals surface area contributed by atoms with Gasteiger partial charge in [-0.3, -0.25) is 0 Å². The van der Waals surface area contributed by atoms with E-state index in [1.165, 1.54) is 24.0 Å². The van der Waals surface area contributed by atoms with Crippen LogP contribution in [0.4, 0.5) is 0 Å². The van der Waals surface area contributed by atoms with Crippen molar-refractivity contribution in [2.75, 3.05) is 0 Å². The van der Waals surface area contributed by atoms with Gasteiger partial charge in [0.15, 0.2) is 0 Å². The monoisotopic (exact) mass is 164 g/mol. The van der Waals surface area contributed by atoms with Crippen molar-refractivity contribution >= 4 is 0 Å². The summed E-state index contributed by atoms with van der Waals surface area (Å²) < 4.78 is 0. The number of rotatable bonds is 2. The third-order valence-electron chi connectivity index (χ3n) is 3.37. The van der Waals surface area contributed by atoms with Crippen molar-refractivity contribution in [2.24, 2.45) is 5.92 Å². The first kappa shape index (κ1) is 9.57. The molecule has 0 aromatic carbocycles. The fourth-order valence-corrected chi connectivity index (χ4v) is 2.16. The summed E-state index contributed by atoms with van der Waals surface area (Å²) in [4.78, 5) is 0. The van der Waals surface area contributed by atoms with E-state index >= 15 is 0 Å². The summed E-state index contributed by atoms with van der Waals surface area (Å²) in [7, 11) is 0. The van der Waals surface area contributed by atoms with E-state index in [4.69, 9.17) is 0 Å². The second kappa shape index (κ2) is 3.47. The van der Waals surface area contributed by atoms with Gasteiger partial charge in [-0.15, -0.1) is 0 Å². The zero-order chi connectivity index (χ0) is 9.30. The summed E-state index contributed by atoms with van der Waals surface area (Å²) in [6, 6.07) is 0. The summed E-state index contributed by atoms with van der Waals surface area (Å²) in [6.07, 6.45) is 2.62. The van der Waals surface area contributed by atoms with Gasteiger partial charge in [-0.1, -0.05) is 24.5 Å². The van der Waals surface area contributed by atoms with E-state index in [0.717, 1.165) is 5.92 Å². The van der Waals surface area contributed by atoms with Crippen molar-refractivity contribution in [3.63, 3.8) is 0 Å². The first-order chi connectivity index (χ1) is 5.59. The van der Waals surface area contributed by atoms with Crippen LogP contribution in [0.5, 0.6) is 0 Å². The molecule has 0 unspecified atom stereocenters. The standard InChI is InChI=1S/C12H20/c1-6-7-12-10(4)8(2)9(3)11(12)5/h12H,6-7H2,1-5H3. The average Bonchev–Trinajstić information content (AvgIpc) is 2.23. The van der Waals surface area contributed by atoms with Crippen LogP contribution in [0.15, 0.2) is 22.3 Å². The molecule has 0 nitrogen and oxygen atoms in total. The van der Waals surface area contributed by atoms with Gasteiger partial charge in [-0.25, -0.2) is 0 Å². The Balaban J connectivity index is 2.91. The van der Waals surface area contributed by atoms with Gasteiger partial charge in [0.1, 0.15) is 0 Å². The average molecular weight is 164 g/mol. The predicted molar refractivity (Wildman–Crippen MR) is 55.1 cm³/mol. The highest BCUT2D eigenvalue weighted by atomic mass is 14.3. The molecule has 12 heavy (non-hydrogen) atoms.